The first-order chi connectivity index (χ1) is 12.6. The second-order valence-electron chi connectivity index (χ2n) is 6.54. The second-order valence-corrected chi connectivity index (χ2v) is 7.38. The molecule has 0 unspecified atom stereocenters. The van der Waals surface area contributed by atoms with Gasteiger partial charge >= 0.3 is 0 Å². The smallest absolute Gasteiger partial charge is 0.191 e. The van der Waals surface area contributed by atoms with Crippen LogP contribution >= 0.6 is 47.2 Å². The van der Waals surface area contributed by atoms with Gasteiger partial charge in [-0.1, -0.05) is 36.2 Å². The van der Waals surface area contributed by atoms with Crippen LogP contribution in [0.25, 0.3) is 0 Å². The van der Waals surface area contributed by atoms with E-state index in [1.807, 2.05) is 19.2 Å². The maximum atomic E-state index is 6.21. The molecule has 1 aliphatic rings. The third kappa shape index (κ3) is 9.17. The predicted molar refractivity (Wildman–Crippen MR) is 128 cm³/mol. The van der Waals surface area contributed by atoms with Crippen molar-refractivity contribution in [3.05, 3.63) is 33.8 Å². The van der Waals surface area contributed by atoms with E-state index in [0.717, 1.165) is 68.7 Å². The van der Waals surface area contributed by atoms with Crippen LogP contribution in [0.5, 0.6) is 0 Å². The standard InChI is InChI=1S/C19H31Cl2N5.HI/c1-3-25-11-13-26(14-12-25)10-9-24-19(22-2)23-8-4-5-16-6-7-17(20)15-18(16)21;/h6-7,15H,3-5,8-14H2,1-2H3,(H2,22,23,24);1H. The number of hydrogen-bond donors (Lipinski definition) is 2. The SMILES string of the molecule is CCN1CCN(CCNC(=NC)NCCCc2ccc(Cl)cc2Cl)CC1.I. The van der Waals surface area contributed by atoms with Gasteiger partial charge in [0.2, 0.25) is 0 Å². The van der Waals surface area contributed by atoms with E-state index in [0.29, 0.717) is 5.02 Å². The Bertz CT molecular complexity index is 577. The van der Waals surface area contributed by atoms with Crippen LogP contribution in [0.3, 0.4) is 0 Å². The van der Waals surface area contributed by atoms with Crippen molar-refractivity contribution in [2.24, 2.45) is 4.99 Å². The van der Waals surface area contributed by atoms with Crippen molar-refractivity contribution in [2.45, 2.75) is 19.8 Å². The molecule has 1 aromatic rings. The van der Waals surface area contributed by atoms with Crippen LogP contribution in [0.15, 0.2) is 23.2 Å². The van der Waals surface area contributed by atoms with Gasteiger partial charge in [0.05, 0.1) is 0 Å². The Morgan fingerprint density at radius 3 is 2.37 bits per heavy atom. The molecule has 0 aliphatic carbocycles. The van der Waals surface area contributed by atoms with Crippen molar-refractivity contribution < 1.29 is 0 Å². The van der Waals surface area contributed by atoms with Gasteiger partial charge in [0.25, 0.3) is 0 Å². The maximum absolute atomic E-state index is 6.21. The summed E-state index contributed by atoms with van der Waals surface area (Å²) in [5.74, 6) is 0.861. The van der Waals surface area contributed by atoms with E-state index in [1.54, 1.807) is 6.07 Å². The number of guanidine groups is 1. The number of halogens is 3. The summed E-state index contributed by atoms with van der Waals surface area (Å²) < 4.78 is 0. The van der Waals surface area contributed by atoms with E-state index in [9.17, 15) is 0 Å². The van der Waals surface area contributed by atoms with E-state index in [4.69, 9.17) is 23.2 Å². The Morgan fingerprint density at radius 1 is 1.07 bits per heavy atom. The lowest BCUT2D eigenvalue weighted by atomic mass is 10.1. The third-order valence-corrected chi connectivity index (χ3v) is 5.37. The summed E-state index contributed by atoms with van der Waals surface area (Å²) in [6, 6.07) is 5.68. The Morgan fingerprint density at radius 2 is 1.74 bits per heavy atom. The van der Waals surface area contributed by atoms with Crippen LogP contribution in [0, 0.1) is 0 Å². The van der Waals surface area contributed by atoms with Gasteiger partial charge in [0.15, 0.2) is 5.96 Å². The molecule has 27 heavy (non-hydrogen) atoms. The van der Waals surface area contributed by atoms with Crippen molar-refractivity contribution in [3.8, 4) is 0 Å². The largest absolute Gasteiger partial charge is 0.356 e. The number of aliphatic imine (C=N–C) groups is 1. The zero-order valence-corrected chi connectivity index (χ0v) is 20.2. The van der Waals surface area contributed by atoms with Crippen molar-refractivity contribution in [2.75, 3.05) is 59.4 Å². The average molecular weight is 528 g/mol. The van der Waals surface area contributed by atoms with Gasteiger partial charge in [-0.05, 0) is 37.1 Å². The summed E-state index contributed by atoms with van der Waals surface area (Å²) in [4.78, 5) is 9.30. The molecule has 1 saturated heterocycles. The number of likely N-dealkylation sites (N-methyl/N-ethyl adjacent to an activating group) is 1. The minimum atomic E-state index is 0. The van der Waals surface area contributed by atoms with Crippen molar-refractivity contribution >= 4 is 53.1 Å². The Labute approximate surface area is 190 Å². The number of rotatable bonds is 8. The van der Waals surface area contributed by atoms with Crippen LogP contribution in [0.1, 0.15) is 18.9 Å². The van der Waals surface area contributed by atoms with E-state index in [1.165, 1.54) is 13.1 Å². The lowest BCUT2D eigenvalue weighted by Crippen LogP contribution is -2.49. The van der Waals surface area contributed by atoms with E-state index in [-0.39, 0.29) is 24.0 Å². The monoisotopic (exact) mass is 527 g/mol. The van der Waals surface area contributed by atoms with Crippen molar-refractivity contribution in [1.29, 1.82) is 0 Å². The molecule has 1 fully saturated rings. The number of benzene rings is 1. The number of piperazine rings is 1. The molecule has 154 valence electrons. The van der Waals surface area contributed by atoms with Gasteiger partial charge in [-0.15, -0.1) is 24.0 Å². The molecule has 2 N–H and O–H groups in total. The molecule has 1 aliphatic heterocycles. The summed E-state index contributed by atoms with van der Waals surface area (Å²) in [6.45, 7) is 10.9. The highest BCUT2D eigenvalue weighted by atomic mass is 127. The lowest BCUT2D eigenvalue weighted by molar-refractivity contribution is 0.139. The summed E-state index contributed by atoms with van der Waals surface area (Å²) in [6.07, 6.45) is 1.91. The molecule has 1 heterocycles. The number of nitrogens with one attached hydrogen (secondary N) is 2. The molecule has 2 rings (SSSR count). The Kier molecular flexibility index (Phi) is 12.7. The summed E-state index contributed by atoms with van der Waals surface area (Å²) >= 11 is 12.1. The first kappa shape index (κ1) is 24.8. The number of nitrogens with zero attached hydrogens (tertiary/aromatic N) is 3. The van der Waals surface area contributed by atoms with Gasteiger partial charge in [-0.2, -0.15) is 0 Å². The molecular weight excluding hydrogens is 496 g/mol. The van der Waals surface area contributed by atoms with E-state index < -0.39 is 0 Å². The fourth-order valence-electron chi connectivity index (χ4n) is 3.09. The molecule has 0 aromatic heterocycles. The Hall–Kier alpha value is -0.280. The number of hydrogen-bond acceptors (Lipinski definition) is 3. The lowest BCUT2D eigenvalue weighted by Gasteiger charge is -2.34. The second kappa shape index (κ2) is 13.8. The van der Waals surface area contributed by atoms with E-state index >= 15 is 0 Å². The molecule has 0 radical (unpaired) electrons. The highest BCUT2D eigenvalue weighted by Crippen LogP contribution is 2.21. The quantitative estimate of drug-likeness (QED) is 0.235. The van der Waals surface area contributed by atoms with Gasteiger partial charge in [-0.25, -0.2) is 0 Å². The van der Waals surface area contributed by atoms with E-state index in [2.05, 4.69) is 32.3 Å². The predicted octanol–water partition coefficient (Wildman–Crippen LogP) is 3.35. The summed E-state index contributed by atoms with van der Waals surface area (Å²) in [7, 11) is 1.81. The normalized spacial score (nSPS) is 16.1. The number of aryl methyl sites for hydroxylation is 1. The van der Waals surface area contributed by atoms with Crippen LogP contribution in [-0.2, 0) is 6.42 Å². The molecule has 1 aromatic carbocycles. The maximum Gasteiger partial charge on any atom is 0.191 e. The van der Waals surface area contributed by atoms with Crippen molar-refractivity contribution in [3.63, 3.8) is 0 Å². The molecule has 5 nitrogen and oxygen atoms in total. The first-order valence-electron chi connectivity index (χ1n) is 9.45. The molecule has 0 atom stereocenters. The zero-order chi connectivity index (χ0) is 18.8. The fourth-order valence-corrected chi connectivity index (χ4v) is 3.60. The topological polar surface area (TPSA) is 42.9 Å². The zero-order valence-electron chi connectivity index (χ0n) is 16.3. The van der Waals surface area contributed by atoms with Crippen LogP contribution in [-0.4, -0.2) is 75.2 Å². The molecular formula is C19H32Cl2IN5. The molecule has 0 amide bonds. The highest BCUT2D eigenvalue weighted by molar-refractivity contribution is 14.0. The first-order valence-corrected chi connectivity index (χ1v) is 10.2. The highest BCUT2D eigenvalue weighted by Gasteiger charge is 2.14. The molecule has 8 heteroatoms. The molecule has 0 saturated carbocycles. The minimum Gasteiger partial charge on any atom is -0.356 e. The van der Waals surface area contributed by atoms with Crippen LogP contribution in [0.2, 0.25) is 10.0 Å². The van der Waals surface area contributed by atoms with Gasteiger partial charge in [0.1, 0.15) is 0 Å². The van der Waals surface area contributed by atoms with Gasteiger partial charge in [-0.3, -0.25) is 9.89 Å². The summed E-state index contributed by atoms with van der Waals surface area (Å²) in [5, 5.41) is 8.18. The summed E-state index contributed by atoms with van der Waals surface area (Å²) in [5.41, 5.74) is 1.13. The van der Waals surface area contributed by atoms with Gasteiger partial charge < -0.3 is 15.5 Å². The third-order valence-electron chi connectivity index (χ3n) is 4.79. The minimum absolute atomic E-state index is 0. The fraction of sp³-hybridized carbons (Fsp3) is 0.632. The average Bonchev–Trinajstić information content (AvgIpc) is 2.65. The van der Waals surface area contributed by atoms with Crippen LogP contribution in [0.4, 0.5) is 0 Å². The molecule has 0 bridgehead atoms. The van der Waals surface area contributed by atoms with Crippen LogP contribution < -0.4 is 10.6 Å². The molecule has 0 spiro atoms. The van der Waals surface area contributed by atoms with Crippen molar-refractivity contribution in [1.82, 2.24) is 20.4 Å². The Balaban J connectivity index is 0.00000364. The van der Waals surface area contributed by atoms with Gasteiger partial charge in [0, 0.05) is 62.9 Å².